The number of aromatic nitrogens is 3. The number of hydrogen-bond acceptors (Lipinski definition) is 5. The number of amides is 1. The molecule has 3 N–H and O–H groups in total. The number of nitrogens with one attached hydrogen (secondary N) is 1. The number of fused-ring (bicyclic) bond motifs is 1. The van der Waals surface area contributed by atoms with Crippen LogP contribution >= 0.6 is 0 Å². The van der Waals surface area contributed by atoms with Gasteiger partial charge in [-0.1, -0.05) is 12.1 Å². The molecule has 0 saturated heterocycles. The van der Waals surface area contributed by atoms with Crippen LogP contribution in [0.2, 0.25) is 0 Å². The Morgan fingerprint density at radius 1 is 1.24 bits per heavy atom. The molecule has 3 aromatic rings. The van der Waals surface area contributed by atoms with E-state index >= 15 is 0 Å². The smallest absolute Gasteiger partial charge is 0.253 e. The summed E-state index contributed by atoms with van der Waals surface area (Å²) in [4.78, 5) is 23.0. The Bertz CT molecular complexity index is 884. The number of rotatable bonds is 5. The van der Waals surface area contributed by atoms with Crippen molar-refractivity contribution in [3.8, 4) is 0 Å². The van der Waals surface area contributed by atoms with Crippen LogP contribution < -0.4 is 16.0 Å². The molecule has 2 aromatic heterocycles. The maximum atomic E-state index is 12.5. The zero-order valence-corrected chi connectivity index (χ0v) is 14.6. The summed E-state index contributed by atoms with van der Waals surface area (Å²) in [6.07, 6.45) is 3.26. The summed E-state index contributed by atoms with van der Waals surface area (Å²) < 4.78 is 1.78. The molecule has 1 atom stereocenters. The summed E-state index contributed by atoms with van der Waals surface area (Å²) in [5.74, 6) is -0.202. The summed E-state index contributed by atoms with van der Waals surface area (Å²) in [6.45, 7) is 0.344. The Morgan fingerprint density at radius 3 is 2.64 bits per heavy atom. The van der Waals surface area contributed by atoms with Gasteiger partial charge in [0, 0.05) is 45.6 Å². The first-order chi connectivity index (χ1) is 12.0. The SMILES string of the molecule is CN(C)c1ccc(C(N)CNC(=O)c2ccnc3c2ncn3C)cc1. The second-order valence-electron chi connectivity index (χ2n) is 6.19. The highest BCUT2D eigenvalue weighted by Gasteiger charge is 2.15. The maximum absolute atomic E-state index is 12.5. The molecule has 7 nitrogen and oxygen atoms in total. The van der Waals surface area contributed by atoms with Gasteiger partial charge in [0.25, 0.3) is 5.91 Å². The van der Waals surface area contributed by atoms with E-state index in [9.17, 15) is 4.79 Å². The minimum atomic E-state index is -0.277. The molecule has 0 saturated carbocycles. The summed E-state index contributed by atoms with van der Waals surface area (Å²) in [5.41, 5.74) is 10.1. The lowest BCUT2D eigenvalue weighted by Crippen LogP contribution is -2.32. The van der Waals surface area contributed by atoms with Crippen LogP contribution in [-0.4, -0.2) is 41.1 Å². The lowest BCUT2D eigenvalue weighted by Gasteiger charge is -2.16. The molecule has 0 aliphatic heterocycles. The molecular weight excluding hydrogens is 316 g/mol. The molecule has 0 aliphatic rings. The normalized spacial score (nSPS) is 12.2. The minimum absolute atomic E-state index is 0.202. The standard InChI is InChI=1S/C18H22N6O/c1-23(2)13-6-4-12(5-7-13)15(19)10-21-18(25)14-8-9-20-17-16(14)22-11-24(17)3/h4-9,11,15H,10,19H2,1-3H3,(H,21,25). The number of carbonyl (C=O) groups excluding carboxylic acids is 1. The summed E-state index contributed by atoms with van der Waals surface area (Å²) in [6, 6.07) is 9.38. The average Bonchev–Trinajstić information content (AvgIpc) is 3.00. The van der Waals surface area contributed by atoms with Gasteiger partial charge in [0.05, 0.1) is 11.9 Å². The molecule has 1 aromatic carbocycles. The molecule has 3 rings (SSSR count). The van der Waals surface area contributed by atoms with E-state index in [0.29, 0.717) is 23.3 Å². The van der Waals surface area contributed by atoms with Gasteiger partial charge in [0.15, 0.2) is 5.65 Å². The topological polar surface area (TPSA) is 89.1 Å². The van der Waals surface area contributed by atoms with E-state index in [1.165, 1.54) is 0 Å². The number of nitrogens with zero attached hydrogens (tertiary/aromatic N) is 4. The number of nitrogens with two attached hydrogens (primary N) is 1. The van der Waals surface area contributed by atoms with Crippen molar-refractivity contribution in [2.24, 2.45) is 12.8 Å². The zero-order valence-electron chi connectivity index (χ0n) is 14.6. The lowest BCUT2D eigenvalue weighted by atomic mass is 10.1. The Labute approximate surface area is 146 Å². The van der Waals surface area contributed by atoms with Gasteiger partial charge >= 0.3 is 0 Å². The highest BCUT2D eigenvalue weighted by atomic mass is 16.1. The van der Waals surface area contributed by atoms with Crippen molar-refractivity contribution in [1.29, 1.82) is 0 Å². The van der Waals surface area contributed by atoms with Gasteiger partial charge in [0.2, 0.25) is 0 Å². The molecule has 130 valence electrons. The fourth-order valence-corrected chi connectivity index (χ4v) is 2.65. The van der Waals surface area contributed by atoms with Gasteiger partial charge in [-0.3, -0.25) is 4.79 Å². The van der Waals surface area contributed by atoms with Crippen molar-refractivity contribution in [3.05, 3.63) is 54.0 Å². The monoisotopic (exact) mass is 338 g/mol. The predicted molar refractivity (Wildman–Crippen MR) is 98.5 cm³/mol. The van der Waals surface area contributed by atoms with Crippen LogP contribution in [0.5, 0.6) is 0 Å². The van der Waals surface area contributed by atoms with Crippen molar-refractivity contribution in [2.45, 2.75) is 6.04 Å². The van der Waals surface area contributed by atoms with E-state index in [1.54, 1.807) is 23.2 Å². The highest BCUT2D eigenvalue weighted by molar-refractivity contribution is 6.04. The van der Waals surface area contributed by atoms with Gasteiger partial charge in [-0.05, 0) is 23.8 Å². The molecule has 0 fully saturated rings. The van der Waals surface area contributed by atoms with Gasteiger partial charge in [-0.2, -0.15) is 0 Å². The molecule has 25 heavy (non-hydrogen) atoms. The first-order valence-corrected chi connectivity index (χ1v) is 8.04. The van der Waals surface area contributed by atoms with Crippen LogP contribution in [0.4, 0.5) is 5.69 Å². The Morgan fingerprint density at radius 2 is 1.96 bits per heavy atom. The third-order valence-electron chi connectivity index (χ3n) is 4.16. The van der Waals surface area contributed by atoms with E-state index in [1.807, 2.05) is 50.3 Å². The Kier molecular flexibility index (Phi) is 4.67. The van der Waals surface area contributed by atoms with Crippen LogP contribution in [0.25, 0.3) is 11.2 Å². The van der Waals surface area contributed by atoms with Crippen molar-refractivity contribution in [3.63, 3.8) is 0 Å². The van der Waals surface area contributed by atoms with Crippen LogP contribution in [-0.2, 0) is 7.05 Å². The van der Waals surface area contributed by atoms with Crippen LogP contribution in [0.3, 0.4) is 0 Å². The first kappa shape index (κ1) is 16.9. The van der Waals surface area contributed by atoms with Gasteiger partial charge in [0.1, 0.15) is 5.52 Å². The van der Waals surface area contributed by atoms with E-state index in [-0.39, 0.29) is 11.9 Å². The van der Waals surface area contributed by atoms with Crippen molar-refractivity contribution in [2.75, 3.05) is 25.5 Å². The second-order valence-corrected chi connectivity index (χ2v) is 6.19. The van der Waals surface area contributed by atoms with E-state index < -0.39 is 0 Å². The molecule has 0 aliphatic carbocycles. The molecule has 1 unspecified atom stereocenters. The number of hydrogen-bond donors (Lipinski definition) is 2. The quantitative estimate of drug-likeness (QED) is 0.735. The molecule has 0 spiro atoms. The van der Waals surface area contributed by atoms with Crippen LogP contribution in [0, 0.1) is 0 Å². The van der Waals surface area contributed by atoms with E-state index in [4.69, 9.17) is 5.73 Å². The van der Waals surface area contributed by atoms with Crippen LogP contribution in [0.15, 0.2) is 42.9 Å². The van der Waals surface area contributed by atoms with E-state index in [2.05, 4.69) is 15.3 Å². The van der Waals surface area contributed by atoms with Crippen LogP contribution in [0.1, 0.15) is 22.0 Å². The summed E-state index contributed by atoms with van der Waals surface area (Å²) >= 11 is 0. The van der Waals surface area contributed by atoms with Gasteiger partial charge in [-0.15, -0.1) is 0 Å². The zero-order chi connectivity index (χ0) is 18.0. The minimum Gasteiger partial charge on any atom is -0.378 e. The second kappa shape index (κ2) is 6.90. The Balaban J connectivity index is 1.69. The summed E-state index contributed by atoms with van der Waals surface area (Å²) in [5, 5.41) is 2.88. The van der Waals surface area contributed by atoms with Gasteiger partial charge in [-0.25, -0.2) is 9.97 Å². The number of carbonyl (C=O) groups is 1. The number of benzene rings is 1. The maximum Gasteiger partial charge on any atom is 0.253 e. The molecular formula is C18H22N6O. The van der Waals surface area contributed by atoms with Crippen molar-refractivity contribution in [1.82, 2.24) is 19.9 Å². The Hall–Kier alpha value is -2.93. The molecule has 7 heteroatoms. The highest BCUT2D eigenvalue weighted by Crippen LogP contribution is 2.17. The number of aryl methyl sites for hydroxylation is 1. The first-order valence-electron chi connectivity index (χ1n) is 8.04. The molecule has 1 amide bonds. The fraction of sp³-hybridized carbons (Fsp3) is 0.278. The number of pyridine rings is 1. The average molecular weight is 338 g/mol. The third-order valence-corrected chi connectivity index (χ3v) is 4.16. The fourth-order valence-electron chi connectivity index (χ4n) is 2.65. The summed E-state index contributed by atoms with van der Waals surface area (Å²) in [7, 11) is 5.82. The lowest BCUT2D eigenvalue weighted by molar-refractivity contribution is 0.0952. The number of imidazole rings is 1. The largest absolute Gasteiger partial charge is 0.378 e. The predicted octanol–water partition coefficient (Wildman–Crippen LogP) is 1.46. The van der Waals surface area contributed by atoms with Crippen molar-refractivity contribution >= 4 is 22.8 Å². The van der Waals surface area contributed by atoms with E-state index in [0.717, 1.165) is 11.3 Å². The van der Waals surface area contributed by atoms with Gasteiger partial charge < -0.3 is 20.5 Å². The van der Waals surface area contributed by atoms with Crippen molar-refractivity contribution < 1.29 is 4.79 Å². The molecule has 2 heterocycles. The molecule has 0 bridgehead atoms. The number of anilines is 1. The third kappa shape index (κ3) is 3.46. The molecule has 0 radical (unpaired) electrons.